The lowest BCUT2D eigenvalue weighted by Gasteiger charge is -2.08. The van der Waals surface area contributed by atoms with Crippen LogP contribution in [0.15, 0.2) is 4.90 Å². The maximum Gasteiger partial charge on any atom is 0.389 e. The average molecular weight is 341 g/mol. The molecule has 0 saturated carbocycles. The Bertz CT molecular complexity index is 501. The molecule has 1 heterocycles. The summed E-state index contributed by atoms with van der Waals surface area (Å²) < 4.78 is 36.3. The zero-order valence-corrected chi connectivity index (χ0v) is 13.6. The number of alkyl halides is 3. The van der Waals surface area contributed by atoms with E-state index in [1.807, 2.05) is 6.26 Å². The molecule has 0 bridgehead atoms. The zero-order valence-electron chi connectivity index (χ0n) is 12.0. The van der Waals surface area contributed by atoms with Crippen molar-refractivity contribution >= 4 is 39.7 Å². The number of rotatable bonds is 6. The van der Waals surface area contributed by atoms with Gasteiger partial charge in [0.2, 0.25) is 0 Å². The third-order valence-corrected chi connectivity index (χ3v) is 4.74. The summed E-state index contributed by atoms with van der Waals surface area (Å²) >= 11 is 2.54. The molecule has 0 aromatic carbocycles. The first-order chi connectivity index (χ1) is 9.67. The SMILES string of the molecule is CSc1c(NCCCC(F)(F)F)sc(C(=O)N(C)C)c1N. The van der Waals surface area contributed by atoms with Crippen LogP contribution >= 0.6 is 23.1 Å². The molecule has 1 aromatic heterocycles. The van der Waals surface area contributed by atoms with E-state index >= 15 is 0 Å². The number of thioether (sulfide) groups is 1. The molecule has 1 rings (SSSR count). The largest absolute Gasteiger partial charge is 0.396 e. The summed E-state index contributed by atoms with van der Waals surface area (Å²) in [5.41, 5.74) is 6.33. The summed E-state index contributed by atoms with van der Waals surface area (Å²) in [4.78, 5) is 14.5. The summed E-state index contributed by atoms with van der Waals surface area (Å²) in [7, 11) is 3.24. The van der Waals surface area contributed by atoms with Crippen LogP contribution in [0, 0.1) is 0 Å². The highest BCUT2D eigenvalue weighted by atomic mass is 32.2. The lowest BCUT2D eigenvalue weighted by Crippen LogP contribution is -2.21. The fraction of sp³-hybridized carbons (Fsp3) is 0.583. The molecule has 120 valence electrons. The molecule has 0 aliphatic rings. The summed E-state index contributed by atoms with van der Waals surface area (Å²) in [5, 5.41) is 3.58. The van der Waals surface area contributed by atoms with Gasteiger partial charge >= 0.3 is 6.18 Å². The minimum atomic E-state index is -4.15. The summed E-state index contributed by atoms with van der Waals surface area (Å²) in [5.74, 6) is -0.212. The number of halogens is 3. The van der Waals surface area contributed by atoms with Gasteiger partial charge < -0.3 is 16.0 Å². The maximum atomic E-state index is 12.1. The molecule has 1 aromatic rings. The molecule has 9 heteroatoms. The molecule has 0 saturated heterocycles. The zero-order chi connectivity index (χ0) is 16.2. The second-order valence-electron chi connectivity index (χ2n) is 4.55. The van der Waals surface area contributed by atoms with E-state index in [0.29, 0.717) is 20.5 Å². The van der Waals surface area contributed by atoms with Crippen LogP contribution in [0.5, 0.6) is 0 Å². The number of hydrogen-bond donors (Lipinski definition) is 2. The molecule has 0 spiro atoms. The normalized spacial score (nSPS) is 11.5. The first kappa shape index (κ1) is 18.0. The van der Waals surface area contributed by atoms with E-state index in [1.165, 1.54) is 28.0 Å². The van der Waals surface area contributed by atoms with Crippen molar-refractivity contribution in [2.45, 2.75) is 23.9 Å². The Balaban J connectivity index is 2.78. The van der Waals surface area contributed by atoms with E-state index < -0.39 is 12.6 Å². The molecule has 0 unspecified atom stereocenters. The van der Waals surface area contributed by atoms with Gasteiger partial charge in [-0.1, -0.05) is 0 Å². The Morgan fingerprint density at radius 3 is 2.52 bits per heavy atom. The van der Waals surface area contributed by atoms with E-state index in [0.717, 1.165) is 0 Å². The number of hydrogen-bond acceptors (Lipinski definition) is 5. The van der Waals surface area contributed by atoms with Crippen LogP contribution in [0.4, 0.5) is 23.9 Å². The average Bonchev–Trinajstić information content (AvgIpc) is 2.68. The van der Waals surface area contributed by atoms with Crippen LogP contribution in [-0.2, 0) is 0 Å². The van der Waals surface area contributed by atoms with Gasteiger partial charge in [0.25, 0.3) is 5.91 Å². The second-order valence-corrected chi connectivity index (χ2v) is 6.39. The third kappa shape index (κ3) is 4.99. The Hall–Kier alpha value is -1.09. The smallest absolute Gasteiger partial charge is 0.389 e. The lowest BCUT2D eigenvalue weighted by molar-refractivity contribution is -0.134. The number of nitrogens with zero attached hydrogens (tertiary/aromatic N) is 1. The highest BCUT2D eigenvalue weighted by Crippen LogP contribution is 2.42. The molecule has 0 atom stereocenters. The van der Waals surface area contributed by atoms with Gasteiger partial charge in [0, 0.05) is 27.1 Å². The number of nitrogen functional groups attached to an aromatic ring is 1. The van der Waals surface area contributed by atoms with Crippen molar-refractivity contribution in [3.05, 3.63) is 4.88 Å². The van der Waals surface area contributed by atoms with Crippen molar-refractivity contribution in [2.75, 3.05) is 37.9 Å². The van der Waals surface area contributed by atoms with E-state index in [4.69, 9.17) is 5.73 Å². The van der Waals surface area contributed by atoms with E-state index in [9.17, 15) is 18.0 Å². The number of anilines is 2. The Kier molecular flexibility index (Phi) is 6.21. The van der Waals surface area contributed by atoms with Gasteiger partial charge in [-0.2, -0.15) is 13.2 Å². The lowest BCUT2D eigenvalue weighted by atomic mass is 10.3. The van der Waals surface area contributed by atoms with Gasteiger partial charge in [0.05, 0.1) is 10.6 Å². The fourth-order valence-electron chi connectivity index (χ4n) is 1.60. The van der Waals surface area contributed by atoms with Crippen molar-refractivity contribution in [2.24, 2.45) is 0 Å². The van der Waals surface area contributed by atoms with Gasteiger partial charge in [0.15, 0.2) is 0 Å². The molecular weight excluding hydrogens is 323 g/mol. The molecular formula is C12H18F3N3OS2. The van der Waals surface area contributed by atoms with Crippen LogP contribution in [0.1, 0.15) is 22.5 Å². The third-order valence-electron chi connectivity index (χ3n) is 2.63. The molecule has 4 nitrogen and oxygen atoms in total. The summed E-state index contributed by atoms with van der Waals surface area (Å²) in [6, 6.07) is 0. The predicted molar refractivity (Wildman–Crippen MR) is 82.3 cm³/mol. The number of amides is 1. The quantitative estimate of drug-likeness (QED) is 0.614. The Morgan fingerprint density at radius 2 is 2.05 bits per heavy atom. The summed E-state index contributed by atoms with van der Waals surface area (Å²) in [6.07, 6.45) is -3.20. The fourth-order valence-corrected chi connectivity index (χ4v) is 3.68. The molecule has 21 heavy (non-hydrogen) atoms. The minimum Gasteiger partial charge on any atom is -0.396 e. The predicted octanol–water partition coefficient (Wildman–Crippen LogP) is 3.51. The summed E-state index contributed by atoms with van der Waals surface area (Å²) in [6.45, 7) is 0.183. The first-order valence-corrected chi connectivity index (χ1v) is 8.20. The highest BCUT2D eigenvalue weighted by molar-refractivity contribution is 7.99. The van der Waals surface area contributed by atoms with Crippen molar-refractivity contribution in [1.82, 2.24) is 4.90 Å². The number of carbonyl (C=O) groups is 1. The van der Waals surface area contributed by atoms with Crippen molar-refractivity contribution in [3.8, 4) is 0 Å². The number of carbonyl (C=O) groups excluding carboxylic acids is 1. The van der Waals surface area contributed by atoms with Gasteiger partial charge in [-0.15, -0.1) is 23.1 Å². The molecule has 0 aliphatic heterocycles. The van der Waals surface area contributed by atoms with Crippen LogP contribution in [0.3, 0.4) is 0 Å². The second kappa shape index (κ2) is 7.26. The topological polar surface area (TPSA) is 58.4 Å². The maximum absolute atomic E-state index is 12.1. The Labute approximate surface area is 129 Å². The highest BCUT2D eigenvalue weighted by Gasteiger charge is 2.26. The van der Waals surface area contributed by atoms with Crippen LogP contribution in [0.2, 0.25) is 0 Å². The van der Waals surface area contributed by atoms with Gasteiger partial charge in [-0.3, -0.25) is 4.79 Å². The molecule has 1 amide bonds. The molecule has 0 radical (unpaired) electrons. The molecule has 0 aliphatic carbocycles. The van der Waals surface area contributed by atoms with Crippen LogP contribution < -0.4 is 11.1 Å². The standard InChI is InChI=1S/C12H18F3N3OS2/c1-18(2)11(19)9-7(16)8(20-3)10(21-9)17-6-4-5-12(13,14)15/h17H,4-6,16H2,1-3H3. The minimum absolute atomic E-state index is 0.0217. The Morgan fingerprint density at radius 1 is 1.43 bits per heavy atom. The molecule has 0 fully saturated rings. The van der Waals surface area contributed by atoms with Gasteiger partial charge in [0.1, 0.15) is 9.88 Å². The van der Waals surface area contributed by atoms with Crippen LogP contribution in [0.25, 0.3) is 0 Å². The van der Waals surface area contributed by atoms with Crippen molar-refractivity contribution < 1.29 is 18.0 Å². The first-order valence-electron chi connectivity index (χ1n) is 6.16. The van der Waals surface area contributed by atoms with E-state index in [2.05, 4.69) is 5.32 Å². The van der Waals surface area contributed by atoms with Gasteiger partial charge in [-0.25, -0.2) is 0 Å². The number of thiophene rings is 1. The van der Waals surface area contributed by atoms with Crippen molar-refractivity contribution in [3.63, 3.8) is 0 Å². The van der Waals surface area contributed by atoms with Gasteiger partial charge in [-0.05, 0) is 12.7 Å². The van der Waals surface area contributed by atoms with Crippen molar-refractivity contribution in [1.29, 1.82) is 0 Å². The monoisotopic (exact) mass is 341 g/mol. The van der Waals surface area contributed by atoms with Crippen LogP contribution in [-0.4, -0.2) is 43.9 Å². The van der Waals surface area contributed by atoms with E-state index in [-0.39, 0.29) is 18.9 Å². The number of nitrogens with one attached hydrogen (secondary N) is 1. The molecule has 3 N–H and O–H groups in total. The van der Waals surface area contributed by atoms with E-state index in [1.54, 1.807) is 14.1 Å². The number of nitrogens with two attached hydrogens (primary N) is 1.